The van der Waals surface area contributed by atoms with Crippen LogP contribution in [0, 0.1) is 0 Å². The molecular weight excluding hydrogens is 590 g/mol. The molecule has 1 amide bonds. The van der Waals surface area contributed by atoms with Crippen LogP contribution in [0.5, 0.6) is 0 Å². The minimum atomic E-state index is -0.749. The zero-order valence-electron chi connectivity index (χ0n) is 24.8. The molecule has 0 spiro atoms. The standard InChI is InChI=1S/C36H31NO9/c38-23-46-36(43)29-15-13-28(14-16-29)35(42)45-19-18-44-34(41)27-11-9-26(10-12-27)32(39)17-8-24-4-3-5-25(20-24)21-37-22-30-6-1-2-7-31(30)33(37)40/h1-7,9-16,20,38H,8,17-19,21-23H2. The Labute approximate surface area is 265 Å². The van der Waals surface area contributed by atoms with Gasteiger partial charge in [0.05, 0.1) is 16.7 Å². The van der Waals surface area contributed by atoms with Crippen LogP contribution in [0.15, 0.2) is 97.1 Å². The molecule has 1 N–H and O–H groups in total. The predicted molar refractivity (Wildman–Crippen MR) is 165 cm³/mol. The number of ether oxygens (including phenoxy) is 3. The van der Waals surface area contributed by atoms with E-state index in [0.717, 1.165) is 22.3 Å². The molecule has 0 radical (unpaired) electrons. The number of rotatable bonds is 13. The van der Waals surface area contributed by atoms with Crippen molar-refractivity contribution in [2.75, 3.05) is 20.0 Å². The topological polar surface area (TPSA) is 137 Å². The van der Waals surface area contributed by atoms with Crippen LogP contribution < -0.4 is 0 Å². The summed E-state index contributed by atoms with van der Waals surface area (Å²) in [5.74, 6) is -2.06. The van der Waals surface area contributed by atoms with Gasteiger partial charge < -0.3 is 24.2 Å². The molecule has 0 atom stereocenters. The first kappa shape index (κ1) is 31.8. The SMILES string of the molecule is O=C(CCc1cccc(CN2Cc3ccccc3C2=O)c1)c1ccc(C(=O)OCCOC(=O)c2ccc(C(=O)OCO)cc2)cc1. The molecule has 1 aliphatic rings. The fourth-order valence-corrected chi connectivity index (χ4v) is 5.06. The second kappa shape index (κ2) is 14.9. The summed E-state index contributed by atoms with van der Waals surface area (Å²) in [5, 5.41) is 8.65. The Hall–Kier alpha value is -5.61. The summed E-state index contributed by atoms with van der Waals surface area (Å²) in [7, 11) is 0. The molecule has 0 aromatic heterocycles. The van der Waals surface area contributed by atoms with E-state index < -0.39 is 24.7 Å². The summed E-state index contributed by atoms with van der Waals surface area (Å²) in [4.78, 5) is 63.6. The van der Waals surface area contributed by atoms with Crippen molar-refractivity contribution in [3.63, 3.8) is 0 Å². The van der Waals surface area contributed by atoms with Crippen LogP contribution in [-0.2, 0) is 33.7 Å². The van der Waals surface area contributed by atoms with Crippen LogP contribution in [0.1, 0.15) is 74.9 Å². The second-order valence-electron chi connectivity index (χ2n) is 10.5. The molecule has 0 unspecified atom stereocenters. The summed E-state index contributed by atoms with van der Waals surface area (Å²) in [6.07, 6.45) is 0.811. The zero-order valence-corrected chi connectivity index (χ0v) is 24.8. The fourth-order valence-electron chi connectivity index (χ4n) is 5.06. The van der Waals surface area contributed by atoms with Crippen molar-refractivity contribution in [3.05, 3.63) is 142 Å². The van der Waals surface area contributed by atoms with E-state index in [1.807, 2.05) is 53.4 Å². The number of aliphatic hydroxyl groups is 1. The van der Waals surface area contributed by atoms with Crippen molar-refractivity contribution in [3.8, 4) is 0 Å². The van der Waals surface area contributed by atoms with Gasteiger partial charge in [-0.1, -0.05) is 54.6 Å². The molecule has 5 rings (SSSR count). The van der Waals surface area contributed by atoms with Gasteiger partial charge in [0.25, 0.3) is 5.91 Å². The van der Waals surface area contributed by atoms with Gasteiger partial charge >= 0.3 is 17.9 Å². The van der Waals surface area contributed by atoms with Gasteiger partial charge in [-0.2, -0.15) is 0 Å². The Morgan fingerprint density at radius 3 is 1.78 bits per heavy atom. The van der Waals surface area contributed by atoms with Gasteiger partial charge in [0, 0.05) is 30.6 Å². The molecule has 0 aliphatic carbocycles. The van der Waals surface area contributed by atoms with Gasteiger partial charge in [-0.3, -0.25) is 9.59 Å². The Morgan fingerprint density at radius 2 is 1.20 bits per heavy atom. The largest absolute Gasteiger partial charge is 0.458 e. The molecule has 10 heteroatoms. The zero-order chi connectivity index (χ0) is 32.5. The minimum Gasteiger partial charge on any atom is -0.458 e. The Bertz CT molecular complexity index is 1750. The van der Waals surface area contributed by atoms with Crippen LogP contribution in [-0.4, -0.2) is 59.6 Å². The van der Waals surface area contributed by atoms with Crippen molar-refractivity contribution in [1.82, 2.24) is 4.90 Å². The second-order valence-corrected chi connectivity index (χ2v) is 10.5. The molecule has 1 aliphatic heterocycles. The summed E-state index contributed by atoms with van der Waals surface area (Å²) in [6, 6.07) is 27.2. The van der Waals surface area contributed by atoms with Crippen LogP contribution in [0.25, 0.3) is 0 Å². The van der Waals surface area contributed by atoms with E-state index in [1.165, 1.54) is 36.4 Å². The van der Waals surface area contributed by atoms with Crippen molar-refractivity contribution in [1.29, 1.82) is 0 Å². The van der Waals surface area contributed by atoms with E-state index in [-0.39, 0.29) is 48.0 Å². The highest BCUT2D eigenvalue weighted by Gasteiger charge is 2.26. The van der Waals surface area contributed by atoms with Gasteiger partial charge in [-0.05, 0) is 65.6 Å². The smallest absolute Gasteiger partial charge is 0.340 e. The van der Waals surface area contributed by atoms with Crippen molar-refractivity contribution >= 4 is 29.6 Å². The van der Waals surface area contributed by atoms with Crippen LogP contribution in [0.2, 0.25) is 0 Å². The highest BCUT2D eigenvalue weighted by Crippen LogP contribution is 2.24. The number of benzene rings is 4. The van der Waals surface area contributed by atoms with Gasteiger partial charge in [0.15, 0.2) is 12.6 Å². The number of carbonyl (C=O) groups excluding carboxylic acids is 5. The Morgan fingerprint density at radius 1 is 0.652 bits per heavy atom. The lowest BCUT2D eigenvalue weighted by atomic mass is 10.0. The fraction of sp³-hybridized carbons (Fsp3) is 0.194. The van der Waals surface area contributed by atoms with E-state index in [2.05, 4.69) is 4.74 Å². The maximum absolute atomic E-state index is 12.9. The molecule has 46 heavy (non-hydrogen) atoms. The lowest BCUT2D eigenvalue weighted by molar-refractivity contribution is 0.00676. The summed E-state index contributed by atoms with van der Waals surface area (Å²) in [6.45, 7) is -0.0295. The maximum atomic E-state index is 12.9. The molecule has 0 bridgehead atoms. The highest BCUT2D eigenvalue weighted by molar-refractivity contribution is 5.99. The number of hydrogen-bond acceptors (Lipinski definition) is 9. The number of esters is 3. The van der Waals surface area contributed by atoms with Crippen LogP contribution in [0.3, 0.4) is 0 Å². The molecule has 0 fully saturated rings. The number of Topliss-reactive ketones (excluding diaryl/α,β-unsaturated/α-hetero) is 1. The van der Waals surface area contributed by atoms with E-state index in [9.17, 15) is 24.0 Å². The Balaban J connectivity index is 1.04. The maximum Gasteiger partial charge on any atom is 0.340 e. The number of carbonyl (C=O) groups is 5. The van der Waals surface area contributed by atoms with Crippen molar-refractivity contribution < 1.29 is 43.3 Å². The van der Waals surface area contributed by atoms with Gasteiger partial charge in [-0.25, -0.2) is 14.4 Å². The first-order valence-electron chi connectivity index (χ1n) is 14.6. The summed E-state index contributed by atoms with van der Waals surface area (Å²) >= 11 is 0. The van der Waals surface area contributed by atoms with Crippen molar-refractivity contribution in [2.24, 2.45) is 0 Å². The van der Waals surface area contributed by atoms with Gasteiger partial charge in [0.1, 0.15) is 13.2 Å². The number of nitrogens with zero attached hydrogens (tertiary/aromatic N) is 1. The van der Waals surface area contributed by atoms with E-state index in [1.54, 1.807) is 12.1 Å². The minimum absolute atomic E-state index is 0.0251. The number of aliphatic hydroxyl groups excluding tert-OH is 1. The number of amides is 1. The first-order chi connectivity index (χ1) is 22.3. The van der Waals surface area contributed by atoms with E-state index >= 15 is 0 Å². The average Bonchev–Trinajstić information content (AvgIpc) is 3.40. The molecule has 4 aromatic carbocycles. The number of ketones is 1. The third-order valence-electron chi connectivity index (χ3n) is 7.45. The average molecular weight is 622 g/mol. The van der Waals surface area contributed by atoms with Gasteiger partial charge in [0.2, 0.25) is 0 Å². The molecule has 1 heterocycles. The molecular formula is C36H31NO9. The molecule has 0 saturated heterocycles. The highest BCUT2D eigenvalue weighted by atomic mass is 16.6. The first-order valence-corrected chi connectivity index (χ1v) is 14.6. The molecule has 10 nitrogen and oxygen atoms in total. The summed E-state index contributed by atoms with van der Waals surface area (Å²) < 4.78 is 14.7. The number of hydrogen-bond donors (Lipinski definition) is 1. The Kier molecular flexibility index (Phi) is 10.3. The quantitative estimate of drug-likeness (QED) is 0.0735. The number of aryl methyl sites for hydroxylation is 1. The predicted octanol–water partition coefficient (Wildman–Crippen LogP) is 4.78. The van der Waals surface area contributed by atoms with Crippen LogP contribution >= 0.6 is 0 Å². The van der Waals surface area contributed by atoms with E-state index in [4.69, 9.17) is 14.6 Å². The van der Waals surface area contributed by atoms with E-state index in [0.29, 0.717) is 25.1 Å². The molecule has 234 valence electrons. The molecule has 4 aromatic rings. The lowest BCUT2D eigenvalue weighted by Gasteiger charge is -2.16. The third kappa shape index (κ3) is 7.91. The lowest BCUT2D eigenvalue weighted by Crippen LogP contribution is -2.23. The normalized spacial score (nSPS) is 11.9. The van der Waals surface area contributed by atoms with Crippen LogP contribution in [0.4, 0.5) is 0 Å². The summed E-state index contributed by atoms with van der Waals surface area (Å²) in [5.41, 5.74) is 4.84. The monoisotopic (exact) mass is 621 g/mol. The van der Waals surface area contributed by atoms with Gasteiger partial charge in [-0.15, -0.1) is 0 Å². The molecule has 0 saturated carbocycles. The number of fused-ring (bicyclic) bond motifs is 1. The van der Waals surface area contributed by atoms with Crippen molar-refractivity contribution in [2.45, 2.75) is 25.9 Å². The third-order valence-corrected chi connectivity index (χ3v) is 7.45.